The predicted molar refractivity (Wildman–Crippen MR) is 44.6 cm³/mol. The number of ketones is 1. The fourth-order valence-corrected chi connectivity index (χ4v) is 1.02. The van der Waals surface area contributed by atoms with Crippen LogP contribution in [0.15, 0.2) is 6.33 Å². The van der Waals surface area contributed by atoms with Crippen molar-refractivity contribution in [1.82, 2.24) is 14.8 Å². The lowest BCUT2D eigenvalue weighted by Crippen LogP contribution is -2.07. The quantitative estimate of drug-likeness (QED) is 0.664. The van der Waals surface area contributed by atoms with Crippen LogP contribution < -0.4 is 0 Å². The number of nitrogens with zero attached hydrogens (tertiary/aromatic N) is 3. The van der Waals surface area contributed by atoms with E-state index in [-0.39, 0.29) is 5.78 Å². The lowest BCUT2D eigenvalue weighted by Gasteiger charge is -1.97. The molecule has 0 fully saturated rings. The van der Waals surface area contributed by atoms with Crippen molar-refractivity contribution in [2.75, 3.05) is 0 Å². The van der Waals surface area contributed by atoms with Crippen LogP contribution in [0, 0.1) is 0 Å². The lowest BCUT2D eigenvalue weighted by atomic mass is 10.2. The first-order chi connectivity index (χ1) is 5.74. The van der Waals surface area contributed by atoms with E-state index in [0.717, 1.165) is 12.2 Å². The second kappa shape index (κ2) is 3.99. The highest BCUT2D eigenvalue weighted by Gasteiger charge is 2.06. The number of aromatic nitrogens is 3. The SMILES string of the molecule is CCCC(=O)Cc1ncnn1C. The summed E-state index contributed by atoms with van der Waals surface area (Å²) in [5.41, 5.74) is 0. The van der Waals surface area contributed by atoms with Crippen molar-refractivity contribution >= 4 is 5.78 Å². The summed E-state index contributed by atoms with van der Waals surface area (Å²) in [6, 6.07) is 0. The Morgan fingerprint density at radius 1 is 1.67 bits per heavy atom. The number of Topliss-reactive ketones (excluding diaryl/α,β-unsaturated/α-hetero) is 1. The average Bonchev–Trinajstić information content (AvgIpc) is 2.37. The van der Waals surface area contributed by atoms with E-state index in [9.17, 15) is 4.79 Å². The van der Waals surface area contributed by atoms with Gasteiger partial charge < -0.3 is 0 Å². The number of hydrogen-bond acceptors (Lipinski definition) is 3. The average molecular weight is 167 g/mol. The second-order valence-corrected chi connectivity index (χ2v) is 2.77. The Balaban J connectivity index is 2.52. The molecule has 4 nitrogen and oxygen atoms in total. The van der Waals surface area contributed by atoms with Crippen LogP contribution in [0.3, 0.4) is 0 Å². The summed E-state index contributed by atoms with van der Waals surface area (Å²) >= 11 is 0. The predicted octanol–water partition coefficient (Wildman–Crippen LogP) is 0.727. The molecule has 0 N–H and O–H groups in total. The van der Waals surface area contributed by atoms with Crippen molar-refractivity contribution < 1.29 is 4.79 Å². The molecule has 0 saturated heterocycles. The van der Waals surface area contributed by atoms with Crippen LogP contribution in [-0.4, -0.2) is 20.5 Å². The highest BCUT2D eigenvalue weighted by molar-refractivity contribution is 5.79. The minimum atomic E-state index is 0.230. The van der Waals surface area contributed by atoms with Gasteiger partial charge in [-0.15, -0.1) is 0 Å². The molecule has 1 rings (SSSR count). The molecule has 0 aliphatic heterocycles. The molecule has 0 aliphatic rings. The third-order valence-corrected chi connectivity index (χ3v) is 1.69. The molecule has 1 aromatic rings. The molecule has 0 unspecified atom stereocenters. The number of carbonyl (C=O) groups is 1. The molecule has 0 aromatic carbocycles. The molecular formula is C8H13N3O. The minimum absolute atomic E-state index is 0.230. The van der Waals surface area contributed by atoms with Gasteiger partial charge in [0, 0.05) is 13.5 Å². The van der Waals surface area contributed by atoms with Crippen LogP contribution in [0.1, 0.15) is 25.6 Å². The maximum atomic E-state index is 11.2. The van der Waals surface area contributed by atoms with E-state index in [0.29, 0.717) is 12.8 Å². The van der Waals surface area contributed by atoms with Crippen LogP contribution in [0.2, 0.25) is 0 Å². The highest BCUT2D eigenvalue weighted by Crippen LogP contribution is 1.98. The van der Waals surface area contributed by atoms with Crippen molar-refractivity contribution in [3.63, 3.8) is 0 Å². The fraction of sp³-hybridized carbons (Fsp3) is 0.625. The summed E-state index contributed by atoms with van der Waals surface area (Å²) < 4.78 is 1.63. The molecule has 12 heavy (non-hydrogen) atoms. The molecule has 0 saturated carbocycles. The maximum Gasteiger partial charge on any atom is 0.140 e. The standard InChI is InChI=1S/C8H13N3O/c1-3-4-7(12)5-8-9-6-10-11(8)2/h6H,3-5H2,1-2H3. The second-order valence-electron chi connectivity index (χ2n) is 2.77. The van der Waals surface area contributed by atoms with Crippen LogP contribution in [0.4, 0.5) is 0 Å². The Morgan fingerprint density at radius 2 is 2.42 bits per heavy atom. The third kappa shape index (κ3) is 2.15. The summed E-state index contributed by atoms with van der Waals surface area (Å²) in [5.74, 6) is 0.974. The zero-order valence-electron chi connectivity index (χ0n) is 7.45. The van der Waals surface area contributed by atoms with Gasteiger partial charge in [-0.3, -0.25) is 9.48 Å². The van der Waals surface area contributed by atoms with Gasteiger partial charge in [-0.2, -0.15) is 5.10 Å². The maximum absolute atomic E-state index is 11.2. The van der Waals surface area contributed by atoms with Crippen LogP contribution in [0.5, 0.6) is 0 Å². The molecule has 1 heterocycles. The molecule has 1 aromatic heterocycles. The van der Waals surface area contributed by atoms with Gasteiger partial charge in [0.15, 0.2) is 0 Å². The number of aryl methyl sites for hydroxylation is 1. The molecule has 0 spiro atoms. The Morgan fingerprint density at radius 3 is 2.92 bits per heavy atom. The lowest BCUT2D eigenvalue weighted by molar-refractivity contribution is -0.118. The Labute approximate surface area is 71.6 Å². The van der Waals surface area contributed by atoms with Gasteiger partial charge in [0.1, 0.15) is 17.9 Å². The molecule has 0 aliphatic carbocycles. The molecule has 4 heteroatoms. The normalized spacial score (nSPS) is 10.2. The summed E-state index contributed by atoms with van der Waals surface area (Å²) in [5, 5.41) is 3.88. The van der Waals surface area contributed by atoms with Gasteiger partial charge in [0.25, 0.3) is 0 Å². The summed E-state index contributed by atoms with van der Waals surface area (Å²) in [7, 11) is 1.79. The van der Waals surface area contributed by atoms with Crippen molar-refractivity contribution in [2.24, 2.45) is 7.05 Å². The van der Waals surface area contributed by atoms with Crippen LogP contribution >= 0.6 is 0 Å². The molecule has 0 atom stereocenters. The van der Waals surface area contributed by atoms with Crippen molar-refractivity contribution in [3.05, 3.63) is 12.2 Å². The summed E-state index contributed by atoms with van der Waals surface area (Å²) in [6.07, 6.45) is 3.41. The topological polar surface area (TPSA) is 47.8 Å². The fourth-order valence-electron chi connectivity index (χ4n) is 1.02. The van der Waals surface area contributed by atoms with Crippen molar-refractivity contribution in [1.29, 1.82) is 0 Å². The van der Waals surface area contributed by atoms with Gasteiger partial charge >= 0.3 is 0 Å². The van der Waals surface area contributed by atoms with E-state index in [1.165, 1.54) is 6.33 Å². The Kier molecular flexibility index (Phi) is 2.96. The van der Waals surface area contributed by atoms with Crippen molar-refractivity contribution in [3.8, 4) is 0 Å². The van der Waals surface area contributed by atoms with E-state index in [1.54, 1.807) is 11.7 Å². The van der Waals surface area contributed by atoms with Gasteiger partial charge in [-0.25, -0.2) is 4.98 Å². The molecule has 66 valence electrons. The first-order valence-electron chi connectivity index (χ1n) is 4.08. The Bertz CT molecular complexity index is 267. The summed E-state index contributed by atoms with van der Waals surface area (Å²) in [6.45, 7) is 1.99. The molecule has 0 bridgehead atoms. The van der Waals surface area contributed by atoms with Crippen LogP contribution in [-0.2, 0) is 18.3 Å². The van der Waals surface area contributed by atoms with Crippen LogP contribution in [0.25, 0.3) is 0 Å². The van der Waals surface area contributed by atoms with E-state index in [1.807, 2.05) is 6.92 Å². The highest BCUT2D eigenvalue weighted by atomic mass is 16.1. The summed E-state index contributed by atoms with van der Waals surface area (Å²) in [4.78, 5) is 15.2. The molecule has 0 radical (unpaired) electrons. The van der Waals surface area contributed by atoms with Gasteiger partial charge in [0.05, 0.1) is 6.42 Å². The number of hydrogen-bond donors (Lipinski definition) is 0. The largest absolute Gasteiger partial charge is 0.299 e. The van der Waals surface area contributed by atoms with E-state index in [4.69, 9.17) is 0 Å². The van der Waals surface area contributed by atoms with E-state index < -0.39 is 0 Å². The van der Waals surface area contributed by atoms with Crippen molar-refractivity contribution in [2.45, 2.75) is 26.2 Å². The zero-order valence-corrected chi connectivity index (χ0v) is 7.45. The zero-order chi connectivity index (χ0) is 8.97. The molecule has 0 amide bonds. The van der Waals surface area contributed by atoms with Gasteiger partial charge in [0.2, 0.25) is 0 Å². The van der Waals surface area contributed by atoms with E-state index in [2.05, 4.69) is 10.1 Å². The van der Waals surface area contributed by atoms with Gasteiger partial charge in [-0.05, 0) is 6.42 Å². The number of carbonyl (C=O) groups excluding carboxylic acids is 1. The van der Waals surface area contributed by atoms with Gasteiger partial charge in [-0.1, -0.05) is 6.92 Å². The molecular weight excluding hydrogens is 154 g/mol. The first-order valence-corrected chi connectivity index (χ1v) is 4.08. The smallest absolute Gasteiger partial charge is 0.140 e. The Hall–Kier alpha value is -1.19. The number of rotatable bonds is 4. The third-order valence-electron chi connectivity index (χ3n) is 1.69. The monoisotopic (exact) mass is 167 g/mol. The first kappa shape index (κ1) is 8.90. The van der Waals surface area contributed by atoms with E-state index >= 15 is 0 Å². The minimum Gasteiger partial charge on any atom is -0.299 e.